The Morgan fingerprint density at radius 3 is 2.24 bits per heavy atom. The molecule has 0 radical (unpaired) electrons. The summed E-state index contributed by atoms with van der Waals surface area (Å²) in [5.74, 6) is 0. The molecule has 0 N–H and O–H groups in total. The molecule has 0 aliphatic carbocycles. The molecule has 3 rings (SSSR count). The number of hydrogen-bond donors (Lipinski definition) is 0. The van der Waals surface area contributed by atoms with E-state index in [0.717, 1.165) is 0 Å². The Labute approximate surface area is 135 Å². The van der Waals surface area contributed by atoms with Crippen LogP contribution in [0.2, 0.25) is 0 Å². The van der Waals surface area contributed by atoms with Crippen molar-refractivity contribution in [2.75, 3.05) is 19.0 Å². The van der Waals surface area contributed by atoms with Crippen LogP contribution in [0.1, 0.15) is 0 Å². The van der Waals surface area contributed by atoms with Gasteiger partial charge < -0.3 is 0 Å². The third-order valence-corrected chi connectivity index (χ3v) is 7.60. The van der Waals surface area contributed by atoms with Gasteiger partial charge in [0.05, 0.1) is 0 Å². The van der Waals surface area contributed by atoms with E-state index in [-0.39, 0.29) is 0 Å². The van der Waals surface area contributed by atoms with Crippen LogP contribution in [-0.2, 0) is 0 Å². The normalized spacial score (nSPS) is 10.8. The van der Waals surface area contributed by atoms with E-state index in [1.54, 1.807) is 0 Å². The molecule has 3 aromatic rings. The van der Waals surface area contributed by atoms with Crippen LogP contribution in [0.3, 0.4) is 0 Å². The zero-order valence-electron chi connectivity index (χ0n) is 12.1. The van der Waals surface area contributed by atoms with Gasteiger partial charge in [0.15, 0.2) is 0 Å². The van der Waals surface area contributed by atoms with E-state index < -0.39 is 0 Å². The average Bonchev–Trinajstić information content (AvgIpc) is 2.53. The Balaban J connectivity index is 1.98. The van der Waals surface area contributed by atoms with Crippen LogP contribution in [0, 0.1) is 0 Å². The topological polar surface area (TPSA) is 3.24 Å². The van der Waals surface area contributed by atoms with E-state index in [9.17, 15) is 0 Å². The fraction of sp³-hybridized carbons (Fsp3) is 0.111. The average molecular weight is 358 g/mol. The zero-order chi connectivity index (χ0) is 14.7. The first-order chi connectivity index (χ1) is 10.3. The summed E-state index contributed by atoms with van der Waals surface area (Å²) < 4.78 is 1.46. The van der Waals surface area contributed by atoms with E-state index in [4.69, 9.17) is 0 Å². The molecule has 0 saturated carbocycles. The second kappa shape index (κ2) is 6.57. The molecular weight excluding hydrogens is 341 g/mol. The summed E-state index contributed by atoms with van der Waals surface area (Å²) in [5, 5.41) is 2.72. The van der Waals surface area contributed by atoms with Crippen molar-refractivity contribution in [3.05, 3.63) is 66.7 Å². The van der Waals surface area contributed by atoms with Crippen LogP contribution in [0.5, 0.6) is 0 Å². The molecule has 3 aromatic carbocycles. The number of rotatable bonds is 4. The van der Waals surface area contributed by atoms with Gasteiger partial charge in [-0.2, -0.15) is 0 Å². The molecule has 0 saturated heterocycles. The number of anilines is 1. The first-order valence-electron chi connectivity index (χ1n) is 6.84. The molecule has 0 atom stereocenters. The first kappa shape index (κ1) is 14.5. The molecule has 0 amide bonds. The van der Waals surface area contributed by atoms with Crippen LogP contribution in [0.15, 0.2) is 71.6 Å². The van der Waals surface area contributed by atoms with Crippen molar-refractivity contribution >= 4 is 44.9 Å². The van der Waals surface area contributed by atoms with E-state index >= 15 is 0 Å². The van der Waals surface area contributed by atoms with Crippen LogP contribution in [-0.4, -0.2) is 27.9 Å². The maximum atomic E-state index is 2.27. The Hall–Kier alpha value is -1.41. The molecule has 1 nitrogen and oxygen atoms in total. The van der Waals surface area contributed by atoms with Crippen LogP contribution in [0.4, 0.5) is 5.69 Å². The fourth-order valence-corrected chi connectivity index (χ4v) is 6.27. The van der Waals surface area contributed by atoms with Crippen molar-refractivity contribution in [3.63, 3.8) is 0 Å². The van der Waals surface area contributed by atoms with Crippen molar-refractivity contribution in [1.29, 1.82) is 0 Å². The SMILES string of the molecule is CN(C)c1cccc2cccc([Se]Sc3ccccc3)c12. The van der Waals surface area contributed by atoms with Gasteiger partial charge in [-0.3, -0.25) is 0 Å². The number of hydrogen-bond acceptors (Lipinski definition) is 2. The standard InChI is InChI=1S/C18H17NSSe/c1-19(2)16-12-6-8-14-9-7-13-17(18(14)16)21-20-15-10-4-3-5-11-15/h3-13H,1-2H3. The molecule has 0 bridgehead atoms. The van der Waals surface area contributed by atoms with Crippen molar-refractivity contribution < 1.29 is 0 Å². The molecule has 0 aliphatic rings. The third kappa shape index (κ3) is 3.26. The van der Waals surface area contributed by atoms with Crippen molar-refractivity contribution in [2.24, 2.45) is 0 Å². The maximum absolute atomic E-state index is 2.27. The molecule has 3 heteroatoms. The molecule has 106 valence electrons. The second-order valence-electron chi connectivity index (χ2n) is 5.01. The van der Waals surface area contributed by atoms with Crippen molar-refractivity contribution in [3.8, 4) is 0 Å². The monoisotopic (exact) mass is 359 g/mol. The van der Waals surface area contributed by atoms with Gasteiger partial charge in [0.25, 0.3) is 0 Å². The minimum atomic E-state index is 0.368. The second-order valence-corrected chi connectivity index (χ2v) is 8.83. The van der Waals surface area contributed by atoms with Crippen LogP contribution in [0.25, 0.3) is 10.8 Å². The summed E-state index contributed by atoms with van der Waals surface area (Å²) in [6, 6.07) is 23.8. The summed E-state index contributed by atoms with van der Waals surface area (Å²) in [7, 11) is 6.18. The number of benzene rings is 3. The number of nitrogens with zero attached hydrogens (tertiary/aromatic N) is 1. The molecule has 0 aliphatic heterocycles. The van der Waals surface area contributed by atoms with Gasteiger partial charge in [0.1, 0.15) is 0 Å². The quantitative estimate of drug-likeness (QED) is 0.650. The third-order valence-electron chi connectivity index (χ3n) is 3.30. The van der Waals surface area contributed by atoms with E-state index in [1.165, 1.54) is 25.8 Å². The molecule has 0 spiro atoms. The van der Waals surface area contributed by atoms with Gasteiger partial charge in [-0.15, -0.1) is 0 Å². The molecule has 0 aromatic heterocycles. The molecule has 21 heavy (non-hydrogen) atoms. The first-order valence-corrected chi connectivity index (χ1v) is 10.5. The summed E-state index contributed by atoms with van der Waals surface area (Å²) in [4.78, 5) is 3.55. The Morgan fingerprint density at radius 2 is 1.52 bits per heavy atom. The van der Waals surface area contributed by atoms with Gasteiger partial charge in [-0.05, 0) is 0 Å². The van der Waals surface area contributed by atoms with E-state index in [2.05, 4.69) is 85.7 Å². The fourth-order valence-electron chi connectivity index (χ4n) is 2.30. The molecular formula is C18H17NSSe. The van der Waals surface area contributed by atoms with Crippen LogP contribution < -0.4 is 9.36 Å². The van der Waals surface area contributed by atoms with Gasteiger partial charge in [0.2, 0.25) is 0 Å². The van der Waals surface area contributed by atoms with Crippen molar-refractivity contribution in [2.45, 2.75) is 4.90 Å². The van der Waals surface area contributed by atoms with Gasteiger partial charge >= 0.3 is 136 Å². The summed E-state index contributed by atoms with van der Waals surface area (Å²) in [5.41, 5.74) is 1.30. The van der Waals surface area contributed by atoms with Crippen LogP contribution >= 0.6 is 10.2 Å². The minimum absolute atomic E-state index is 0.368. The predicted octanol–water partition coefficient (Wildman–Crippen LogP) is 3.94. The van der Waals surface area contributed by atoms with Gasteiger partial charge in [-0.25, -0.2) is 0 Å². The van der Waals surface area contributed by atoms with E-state index in [0.29, 0.717) is 13.8 Å². The summed E-state index contributed by atoms with van der Waals surface area (Å²) in [6.07, 6.45) is 0. The molecule has 0 heterocycles. The Morgan fingerprint density at radius 1 is 0.810 bits per heavy atom. The summed E-state index contributed by atoms with van der Waals surface area (Å²) in [6.45, 7) is 0. The van der Waals surface area contributed by atoms with Crippen molar-refractivity contribution in [1.82, 2.24) is 0 Å². The summed E-state index contributed by atoms with van der Waals surface area (Å²) >= 11 is 0.368. The Kier molecular flexibility index (Phi) is 4.54. The van der Waals surface area contributed by atoms with E-state index in [1.807, 2.05) is 10.2 Å². The molecule has 0 fully saturated rings. The van der Waals surface area contributed by atoms with Gasteiger partial charge in [0, 0.05) is 0 Å². The Bertz CT molecular complexity index is 735. The predicted molar refractivity (Wildman–Crippen MR) is 96.0 cm³/mol. The number of fused-ring (bicyclic) bond motifs is 1. The molecule has 0 unspecified atom stereocenters. The van der Waals surface area contributed by atoms with Gasteiger partial charge in [-0.1, -0.05) is 0 Å². The zero-order valence-corrected chi connectivity index (χ0v) is 14.6.